The second-order valence-electron chi connectivity index (χ2n) is 7.38. The maximum Gasteiger partial charge on any atom is 0.413 e. The molecule has 0 radical (unpaired) electrons. The molecular weight excluding hydrogens is 394 g/mol. The van der Waals surface area contributed by atoms with Gasteiger partial charge in [0.2, 0.25) is 5.72 Å². The van der Waals surface area contributed by atoms with Gasteiger partial charge in [-0.2, -0.15) is 0 Å². The number of hydrogen-bond donors (Lipinski definition) is 1. The van der Waals surface area contributed by atoms with Gasteiger partial charge in [-0.25, -0.2) is 4.79 Å². The lowest BCUT2D eigenvalue weighted by molar-refractivity contribution is -0.109. The molecule has 0 aromatic heterocycles. The topological polar surface area (TPSA) is 68.2 Å². The second kappa shape index (κ2) is 8.70. The molecule has 0 unspecified atom stereocenters. The van der Waals surface area contributed by atoms with E-state index in [1.807, 2.05) is 30.3 Å². The summed E-state index contributed by atoms with van der Waals surface area (Å²) >= 11 is 0. The third-order valence-corrected chi connectivity index (χ3v) is 5.62. The van der Waals surface area contributed by atoms with Crippen LogP contribution in [0.3, 0.4) is 0 Å². The van der Waals surface area contributed by atoms with Gasteiger partial charge in [0.1, 0.15) is 11.5 Å². The third kappa shape index (κ3) is 3.94. The highest BCUT2D eigenvalue weighted by Gasteiger charge is 2.55. The molecule has 3 aromatic carbocycles. The standard InChI is InChI=1S/C25H25NO5/c1-29-21-12-8-19(9-13-21)23-25(28,20-10-14-22(30-2)15-11-20)26(24(27)31-23)17-16-18-6-4-3-5-7-18/h3-15,23,28H,16-17H2,1-2H3/t23-,25-/m1/s1. The highest BCUT2D eigenvalue weighted by Crippen LogP contribution is 2.47. The minimum Gasteiger partial charge on any atom is -0.497 e. The van der Waals surface area contributed by atoms with E-state index in [2.05, 4.69) is 0 Å². The molecule has 1 N–H and O–H groups in total. The lowest BCUT2D eigenvalue weighted by atomic mass is 9.91. The summed E-state index contributed by atoms with van der Waals surface area (Å²) in [5.74, 6) is 1.34. The minimum atomic E-state index is -1.67. The van der Waals surface area contributed by atoms with Crippen LogP contribution < -0.4 is 9.47 Å². The largest absolute Gasteiger partial charge is 0.497 e. The van der Waals surface area contributed by atoms with Crippen LogP contribution in [0.15, 0.2) is 78.9 Å². The monoisotopic (exact) mass is 419 g/mol. The number of carbonyl (C=O) groups excluding carboxylic acids is 1. The van der Waals surface area contributed by atoms with E-state index >= 15 is 0 Å². The number of nitrogens with zero attached hydrogens (tertiary/aromatic N) is 1. The van der Waals surface area contributed by atoms with Crippen LogP contribution in [0.1, 0.15) is 22.8 Å². The molecule has 1 amide bonds. The lowest BCUT2D eigenvalue weighted by Crippen LogP contribution is -2.46. The fourth-order valence-electron chi connectivity index (χ4n) is 3.90. The van der Waals surface area contributed by atoms with E-state index in [4.69, 9.17) is 14.2 Å². The van der Waals surface area contributed by atoms with Crippen LogP contribution in [0.5, 0.6) is 11.5 Å². The molecule has 31 heavy (non-hydrogen) atoms. The van der Waals surface area contributed by atoms with Crippen LogP contribution in [0.25, 0.3) is 0 Å². The van der Waals surface area contributed by atoms with Gasteiger partial charge in [0.05, 0.1) is 14.2 Å². The molecule has 1 saturated heterocycles. The number of amides is 1. The van der Waals surface area contributed by atoms with E-state index in [0.29, 0.717) is 35.6 Å². The number of benzene rings is 3. The van der Waals surface area contributed by atoms with Crippen LogP contribution in [0.4, 0.5) is 4.79 Å². The van der Waals surface area contributed by atoms with Gasteiger partial charge in [-0.3, -0.25) is 4.90 Å². The predicted octanol–water partition coefficient (Wildman–Crippen LogP) is 4.29. The number of aliphatic hydroxyl groups is 1. The summed E-state index contributed by atoms with van der Waals surface area (Å²) in [5, 5.41) is 12.0. The van der Waals surface area contributed by atoms with Crippen molar-refractivity contribution in [1.29, 1.82) is 0 Å². The highest BCUT2D eigenvalue weighted by molar-refractivity contribution is 5.72. The first-order valence-corrected chi connectivity index (χ1v) is 10.1. The van der Waals surface area contributed by atoms with E-state index in [-0.39, 0.29) is 0 Å². The van der Waals surface area contributed by atoms with Crippen LogP contribution in [0, 0.1) is 0 Å². The Kier molecular flexibility index (Phi) is 5.82. The van der Waals surface area contributed by atoms with Gasteiger partial charge < -0.3 is 19.3 Å². The number of ether oxygens (including phenoxy) is 3. The summed E-state index contributed by atoms with van der Waals surface area (Å²) in [6.07, 6.45) is -0.867. The molecule has 6 heteroatoms. The Bertz CT molecular complexity index is 1020. The summed E-state index contributed by atoms with van der Waals surface area (Å²) in [5.41, 5.74) is 0.621. The van der Waals surface area contributed by atoms with Crippen molar-refractivity contribution in [1.82, 2.24) is 4.90 Å². The maximum atomic E-state index is 12.9. The minimum absolute atomic E-state index is 0.304. The Balaban J connectivity index is 1.72. The van der Waals surface area contributed by atoms with Crippen molar-refractivity contribution in [2.24, 2.45) is 0 Å². The smallest absolute Gasteiger partial charge is 0.413 e. The SMILES string of the molecule is COc1ccc([C@H]2OC(=O)N(CCc3ccccc3)[C@@]2(O)c2ccc(OC)cc2)cc1. The van der Waals surface area contributed by atoms with E-state index in [9.17, 15) is 9.90 Å². The lowest BCUT2D eigenvalue weighted by Gasteiger charge is -2.35. The second-order valence-corrected chi connectivity index (χ2v) is 7.38. The summed E-state index contributed by atoms with van der Waals surface area (Å²) in [7, 11) is 3.17. The zero-order valence-corrected chi connectivity index (χ0v) is 17.5. The molecule has 1 aliphatic heterocycles. The predicted molar refractivity (Wildman–Crippen MR) is 116 cm³/mol. The Morgan fingerprint density at radius 1 is 0.903 bits per heavy atom. The molecule has 0 saturated carbocycles. The van der Waals surface area contributed by atoms with Crippen molar-refractivity contribution in [3.05, 3.63) is 95.6 Å². The van der Waals surface area contributed by atoms with Crippen molar-refractivity contribution < 1.29 is 24.1 Å². The van der Waals surface area contributed by atoms with Crippen molar-refractivity contribution in [3.8, 4) is 11.5 Å². The Morgan fingerprint density at radius 3 is 2.06 bits per heavy atom. The summed E-state index contributed by atoms with van der Waals surface area (Å²) in [4.78, 5) is 14.3. The zero-order chi connectivity index (χ0) is 21.8. The van der Waals surface area contributed by atoms with Crippen LogP contribution in [0.2, 0.25) is 0 Å². The normalized spacial score (nSPS) is 20.4. The molecule has 1 heterocycles. The van der Waals surface area contributed by atoms with Crippen LogP contribution >= 0.6 is 0 Å². The molecule has 2 atom stereocenters. The maximum absolute atomic E-state index is 12.9. The van der Waals surface area contributed by atoms with E-state index in [1.54, 1.807) is 62.8 Å². The molecule has 1 aliphatic rings. The molecule has 0 bridgehead atoms. The van der Waals surface area contributed by atoms with Crippen molar-refractivity contribution in [2.45, 2.75) is 18.2 Å². The van der Waals surface area contributed by atoms with Gasteiger partial charge >= 0.3 is 6.09 Å². The molecular formula is C25H25NO5. The Hall–Kier alpha value is -3.51. The van der Waals surface area contributed by atoms with Gasteiger partial charge in [0.25, 0.3) is 0 Å². The fourth-order valence-corrected chi connectivity index (χ4v) is 3.90. The number of cyclic esters (lactones) is 1. The average Bonchev–Trinajstić information content (AvgIpc) is 3.09. The molecule has 6 nitrogen and oxygen atoms in total. The van der Waals surface area contributed by atoms with Gasteiger partial charge in [0, 0.05) is 12.1 Å². The van der Waals surface area contributed by atoms with Crippen molar-refractivity contribution >= 4 is 6.09 Å². The molecule has 0 aliphatic carbocycles. The molecule has 4 rings (SSSR count). The number of hydrogen-bond acceptors (Lipinski definition) is 5. The first-order chi connectivity index (χ1) is 15.1. The van der Waals surface area contributed by atoms with Gasteiger partial charge in [-0.15, -0.1) is 0 Å². The molecule has 3 aromatic rings. The van der Waals surface area contributed by atoms with Crippen LogP contribution in [-0.2, 0) is 16.9 Å². The Morgan fingerprint density at radius 2 is 1.48 bits per heavy atom. The summed E-state index contributed by atoms with van der Waals surface area (Å²) in [6, 6.07) is 24.0. The summed E-state index contributed by atoms with van der Waals surface area (Å²) < 4.78 is 16.2. The molecule has 1 fully saturated rings. The zero-order valence-electron chi connectivity index (χ0n) is 17.5. The fraction of sp³-hybridized carbons (Fsp3) is 0.240. The van der Waals surface area contributed by atoms with Gasteiger partial charge in [-0.1, -0.05) is 54.6 Å². The third-order valence-electron chi connectivity index (χ3n) is 5.62. The van der Waals surface area contributed by atoms with Gasteiger partial charge in [0.15, 0.2) is 6.10 Å². The molecule has 0 spiro atoms. The van der Waals surface area contributed by atoms with Crippen LogP contribution in [-0.4, -0.2) is 36.9 Å². The van der Waals surface area contributed by atoms with Crippen molar-refractivity contribution in [3.63, 3.8) is 0 Å². The summed E-state index contributed by atoms with van der Waals surface area (Å²) in [6.45, 7) is 0.304. The number of methoxy groups -OCH3 is 2. The Labute approximate surface area is 181 Å². The van der Waals surface area contributed by atoms with E-state index in [1.165, 1.54) is 4.90 Å². The van der Waals surface area contributed by atoms with Crippen molar-refractivity contribution in [2.75, 3.05) is 20.8 Å². The average molecular weight is 419 g/mol. The van der Waals surface area contributed by atoms with Gasteiger partial charge in [-0.05, 0) is 41.8 Å². The first-order valence-electron chi connectivity index (χ1n) is 10.1. The number of carbonyl (C=O) groups is 1. The van der Waals surface area contributed by atoms with E-state index < -0.39 is 17.9 Å². The quantitative estimate of drug-likeness (QED) is 0.619. The van der Waals surface area contributed by atoms with E-state index in [0.717, 1.165) is 5.56 Å². The highest BCUT2D eigenvalue weighted by atomic mass is 16.6. The number of rotatable bonds is 7. The molecule has 160 valence electrons. The first kappa shape index (κ1) is 20.8.